The summed E-state index contributed by atoms with van der Waals surface area (Å²) in [6, 6.07) is 1.52. The van der Waals surface area contributed by atoms with Crippen LogP contribution in [0.15, 0.2) is 16.8 Å². The summed E-state index contributed by atoms with van der Waals surface area (Å²) in [6.07, 6.45) is 1.64. The minimum absolute atomic E-state index is 0.176. The largest absolute Gasteiger partial charge is 0.464 e. The molecule has 7 nitrogen and oxygen atoms in total. The topological polar surface area (TPSA) is 96.2 Å². The number of carbonyl (C=O) groups is 1. The van der Waals surface area contributed by atoms with Crippen molar-refractivity contribution in [1.29, 1.82) is 0 Å². The van der Waals surface area contributed by atoms with Crippen LogP contribution in [0.25, 0.3) is 11.3 Å². The molecule has 0 aliphatic rings. The van der Waals surface area contributed by atoms with E-state index in [0.717, 1.165) is 0 Å². The Morgan fingerprint density at radius 3 is 2.94 bits per heavy atom. The molecule has 0 spiro atoms. The van der Waals surface area contributed by atoms with Crippen LogP contribution in [-0.4, -0.2) is 28.0 Å². The fourth-order valence-corrected chi connectivity index (χ4v) is 1.34. The Kier molecular flexibility index (Phi) is 2.35. The summed E-state index contributed by atoms with van der Waals surface area (Å²) in [5, 5.41) is 7.70. The van der Waals surface area contributed by atoms with Crippen LogP contribution < -0.4 is 5.73 Å². The Balaban J connectivity index is 2.52. The molecule has 0 saturated carbocycles. The van der Waals surface area contributed by atoms with Gasteiger partial charge in [0.1, 0.15) is 5.69 Å². The van der Waals surface area contributed by atoms with Crippen LogP contribution in [0.5, 0.6) is 0 Å². The Hall–Kier alpha value is -2.31. The number of hydrogen-bond acceptors (Lipinski definition) is 6. The molecule has 16 heavy (non-hydrogen) atoms. The molecule has 2 heterocycles. The average Bonchev–Trinajstić information content (AvgIpc) is 2.83. The number of methoxy groups -OCH3 is 1. The number of carbonyl (C=O) groups excluding carboxylic acids is 1. The molecule has 0 aliphatic carbocycles. The van der Waals surface area contributed by atoms with Crippen LogP contribution in [0.3, 0.4) is 0 Å². The van der Waals surface area contributed by atoms with Crippen molar-refractivity contribution < 1.29 is 14.1 Å². The second kappa shape index (κ2) is 3.69. The lowest BCUT2D eigenvalue weighted by atomic mass is 10.2. The van der Waals surface area contributed by atoms with E-state index in [-0.39, 0.29) is 11.6 Å². The summed E-state index contributed by atoms with van der Waals surface area (Å²) in [5.74, 6) is -0.355. The Labute approximate surface area is 90.8 Å². The van der Waals surface area contributed by atoms with Gasteiger partial charge in [-0.25, -0.2) is 4.79 Å². The van der Waals surface area contributed by atoms with Gasteiger partial charge in [0.05, 0.1) is 12.7 Å². The number of nitrogens with zero attached hydrogens (tertiary/aromatic N) is 3. The molecular formula is C9H10N4O3. The van der Waals surface area contributed by atoms with E-state index < -0.39 is 5.97 Å². The van der Waals surface area contributed by atoms with E-state index in [1.165, 1.54) is 17.9 Å². The SMILES string of the molecule is COC(=O)c1nn(C)cc1-c1cc(N)on1. The van der Waals surface area contributed by atoms with E-state index in [2.05, 4.69) is 15.0 Å². The minimum atomic E-state index is -0.530. The van der Waals surface area contributed by atoms with Crippen molar-refractivity contribution in [3.8, 4) is 11.3 Å². The number of nitrogen functional groups attached to an aromatic ring is 1. The normalized spacial score (nSPS) is 10.4. The van der Waals surface area contributed by atoms with E-state index in [1.807, 2.05) is 0 Å². The molecule has 0 fully saturated rings. The van der Waals surface area contributed by atoms with Gasteiger partial charge in [-0.2, -0.15) is 5.10 Å². The fraction of sp³-hybridized carbons (Fsp3) is 0.222. The maximum Gasteiger partial charge on any atom is 0.359 e. The molecule has 2 aromatic rings. The zero-order valence-electron chi connectivity index (χ0n) is 8.80. The molecule has 0 atom stereocenters. The lowest BCUT2D eigenvalue weighted by Crippen LogP contribution is -2.04. The molecule has 0 aliphatic heterocycles. The molecule has 0 radical (unpaired) electrons. The highest BCUT2D eigenvalue weighted by molar-refractivity contribution is 5.94. The van der Waals surface area contributed by atoms with E-state index in [0.29, 0.717) is 11.3 Å². The van der Waals surface area contributed by atoms with Gasteiger partial charge in [0.15, 0.2) is 5.69 Å². The van der Waals surface area contributed by atoms with Crippen molar-refractivity contribution in [2.75, 3.05) is 12.8 Å². The van der Waals surface area contributed by atoms with Crippen LogP contribution in [0, 0.1) is 0 Å². The van der Waals surface area contributed by atoms with Crippen molar-refractivity contribution in [2.45, 2.75) is 0 Å². The van der Waals surface area contributed by atoms with Crippen molar-refractivity contribution in [3.63, 3.8) is 0 Å². The lowest BCUT2D eigenvalue weighted by Gasteiger charge is -1.95. The standard InChI is InChI=1S/C9H10N4O3/c1-13-4-5(6-3-7(10)16-12-6)8(11-13)9(14)15-2/h3-4H,10H2,1-2H3. The number of aryl methyl sites for hydroxylation is 1. The predicted octanol–water partition coefficient (Wildman–Crippen LogP) is 0.444. The van der Waals surface area contributed by atoms with Crippen molar-refractivity contribution in [2.24, 2.45) is 7.05 Å². The minimum Gasteiger partial charge on any atom is -0.464 e. The quantitative estimate of drug-likeness (QED) is 0.741. The molecule has 0 aromatic carbocycles. The second-order valence-corrected chi connectivity index (χ2v) is 3.17. The first-order chi connectivity index (χ1) is 7.61. The smallest absolute Gasteiger partial charge is 0.359 e. The Bertz CT molecular complexity index is 529. The van der Waals surface area contributed by atoms with Crippen LogP contribution >= 0.6 is 0 Å². The van der Waals surface area contributed by atoms with E-state index in [4.69, 9.17) is 10.3 Å². The molecule has 0 amide bonds. The van der Waals surface area contributed by atoms with Crippen LogP contribution in [0.4, 0.5) is 5.88 Å². The van der Waals surface area contributed by atoms with E-state index in [1.54, 1.807) is 13.2 Å². The number of hydrogen-bond donors (Lipinski definition) is 1. The third kappa shape index (κ3) is 1.62. The maximum absolute atomic E-state index is 11.4. The zero-order chi connectivity index (χ0) is 11.7. The number of rotatable bonds is 2. The monoisotopic (exact) mass is 222 g/mol. The number of esters is 1. The number of aromatic nitrogens is 3. The van der Waals surface area contributed by atoms with Crippen LogP contribution in [0.1, 0.15) is 10.5 Å². The summed E-state index contributed by atoms with van der Waals surface area (Å²) in [6.45, 7) is 0. The highest BCUT2D eigenvalue weighted by Crippen LogP contribution is 2.23. The van der Waals surface area contributed by atoms with Gasteiger partial charge < -0.3 is 15.0 Å². The molecule has 0 bridgehead atoms. The van der Waals surface area contributed by atoms with Crippen molar-refractivity contribution >= 4 is 11.9 Å². The van der Waals surface area contributed by atoms with Gasteiger partial charge in [0.25, 0.3) is 0 Å². The molecule has 0 unspecified atom stereocenters. The second-order valence-electron chi connectivity index (χ2n) is 3.17. The van der Waals surface area contributed by atoms with Crippen LogP contribution in [0.2, 0.25) is 0 Å². The predicted molar refractivity (Wildman–Crippen MR) is 54.5 cm³/mol. The lowest BCUT2D eigenvalue weighted by molar-refractivity contribution is 0.0594. The van der Waals surface area contributed by atoms with Gasteiger partial charge in [-0.1, -0.05) is 5.16 Å². The number of anilines is 1. The maximum atomic E-state index is 11.4. The first kappa shape index (κ1) is 10.2. The number of ether oxygens (including phenoxy) is 1. The van der Waals surface area contributed by atoms with Crippen molar-refractivity contribution in [1.82, 2.24) is 14.9 Å². The van der Waals surface area contributed by atoms with E-state index in [9.17, 15) is 4.79 Å². The summed E-state index contributed by atoms with van der Waals surface area (Å²) in [5.41, 5.74) is 6.56. The highest BCUT2D eigenvalue weighted by Gasteiger charge is 2.20. The first-order valence-corrected chi connectivity index (χ1v) is 4.46. The van der Waals surface area contributed by atoms with Gasteiger partial charge in [-0.05, 0) is 0 Å². The fourth-order valence-electron chi connectivity index (χ4n) is 1.34. The molecule has 2 rings (SSSR count). The summed E-state index contributed by atoms with van der Waals surface area (Å²) >= 11 is 0. The van der Waals surface area contributed by atoms with Gasteiger partial charge in [-0.3, -0.25) is 4.68 Å². The van der Waals surface area contributed by atoms with Gasteiger partial charge in [0, 0.05) is 19.3 Å². The summed E-state index contributed by atoms with van der Waals surface area (Å²) in [4.78, 5) is 11.4. The van der Waals surface area contributed by atoms with Gasteiger partial charge in [-0.15, -0.1) is 0 Å². The average molecular weight is 222 g/mol. The van der Waals surface area contributed by atoms with E-state index >= 15 is 0 Å². The Morgan fingerprint density at radius 2 is 2.38 bits per heavy atom. The van der Waals surface area contributed by atoms with Crippen LogP contribution in [-0.2, 0) is 11.8 Å². The van der Waals surface area contributed by atoms with Gasteiger partial charge in [0.2, 0.25) is 5.88 Å². The Morgan fingerprint density at radius 1 is 1.62 bits per heavy atom. The highest BCUT2D eigenvalue weighted by atomic mass is 16.5. The molecule has 2 aromatic heterocycles. The molecule has 84 valence electrons. The molecular weight excluding hydrogens is 212 g/mol. The molecule has 7 heteroatoms. The summed E-state index contributed by atoms with van der Waals surface area (Å²) in [7, 11) is 2.98. The number of nitrogens with two attached hydrogens (primary N) is 1. The third-order valence-corrected chi connectivity index (χ3v) is 2.01. The van der Waals surface area contributed by atoms with Crippen molar-refractivity contribution in [3.05, 3.63) is 18.0 Å². The zero-order valence-corrected chi connectivity index (χ0v) is 8.80. The first-order valence-electron chi connectivity index (χ1n) is 4.46. The van der Waals surface area contributed by atoms with Gasteiger partial charge >= 0.3 is 5.97 Å². The molecule has 2 N–H and O–H groups in total. The summed E-state index contributed by atoms with van der Waals surface area (Å²) < 4.78 is 10.8. The molecule has 0 saturated heterocycles. The third-order valence-electron chi connectivity index (χ3n) is 2.01.